The first kappa shape index (κ1) is 20.8. The highest BCUT2D eigenvalue weighted by molar-refractivity contribution is 9.10. The summed E-state index contributed by atoms with van der Waals surface area (Å²) in [7, 11) is 0. The third-order valence-corrected chi connectivity index (χ3v) is 6.28. The third-order valence-electron chi connectivity index (χ3n) is 5.75. The Bertz CT molecular complexity index is 1160. The second kappa shape index (κ2) is 9.22. The first-order valence-corrected chi connectivity index (χ1v) is 11.4. The third kappa shape index (κ3) is 4.45. The molecular formula is C25H22BrFN4O. The molecule has 0 aliphatic carbocycles. The summed E-state index contributed by atoms with van der Waals surface area (Å²) >= 11 is 3.52. The van der Waals surface area contributed by atoms with Crippen molar-refractivity contribution in [3.8, 4) is 11.5 Å². The van der Waals surface area contributed by atoms with Crippen LogP contribution in [0.5, 0.6) is 0 Å². The van der Waals surface area contributed by atoms with Crippen molar-refractivity contribution in [3.63, 3.8) is 0 Å². The molecule has 1 aliphatic rings. The van der Waals surface area contributed by atoms with Gasteiger partial charge in [-0.15, -0.1) is 10.2 Å². The molecule has 0 radical (unpaired) electrons. The Morgan fingerprint density at radius 3 is 2.19 bits per heavy atom. The van der Waals surface area contributed by atoms with Gasteiger partial charge in [0.1, 0.15) is 11.9 Å². The summed E-state index contributed by atoms with van der Waals surface area (Å²) in [5.74, 6) is 0.891. The fraction of sp³-hybridized carbons (Fsp3) is 0.200. The summed E-state index contributed by atoms with van der Waals surface area (Å²) in [6.45, 7) is 3.30. The molecule has 1 saturated heterocycles. The number of piperazine rings is 1. The van der Waals surface area contributed by atoms with Gasteiger partial charge in [-0.05, 0) is 54.1 Å². The van der Waals surface area contributed by atoms with Gasteiger partial charge in [0.05, 0.1) is 0 Å². The zero-order valence-corrected chi connectivity index (χ0v) is 19.0. The number of rotatable bonds is 5. The van der Waals surface area contributed by atoms with Crippen molar-refractivity contribution >= 4 is 21.6 Å². The molecule has 0 unspecified atom stereocenters. The molecule has 5 nitrogen and oxygen atoms in total. The normalized spacial score (nSPS) is 15.6. The molecule has 0 amide bonds. The molecule has 0 saturated carbocycles. The lowest BCUT2D eigenvalue weighted by Crippen LogP contribution is -2.48. The number of hydrogen-bond donors (Lipinski definition) is 0. The molecule has 0 N–H and O–H groups in total. The Morgan fingerprint density at radius 2 is 1.50 bits per heavy atom. The Hall–Kier alpha value is -3.03. The lowest BCUT2D eigenvalue weighted by Gasteiger charge is -2.39. The van der Waals surface area contributed by atoms with E-state index in [4.69, 9.17) is 4.42 Å². The van der Waals surface area contributed by atoms with Crippen LogP contribution < -0.4 is 4.90 Å². The number of aromatic nitrogens is 2. The van der Waals surface area contributed by atoms with Crippen LogP contribution in [0.2, 0.25) is 0 Å². The molecule has 1 aromatic heterocycles. The van der Waals surface area contributed by atoms with Crippen molar-refractivity contribution < 1.29 is 8.81 Å². The number of hydrogen-bond acceptors (Lipinski definition) is 5. The predicted octanol–water partition coefficient (Wildman–Crippen LogP) is 5.55. The summed E-state index contributed by atoms with van der Waals surface area (Å²) in [6.07, 6.45) is 0. The molecule has 162 valence electrons. The molecule has 7 heteroatoms. The van der Waals surface area contributed by atoms with Gasteiger partial charge in [-0.25, -0.2) is 4.39 Å². The fourth-order valence-corrected chi connectivity index (χ4v) is 4.35. The Morgan fingerprint density at radius 1 is 0.812 bits per heavy atom. The topological polar surface area (TPSA) is 45.4 Å². The predicted molar refractivity (Wildman–Crippen MR) is 126 cm³/mol. The van der Waals surface area contributed by atoms with E-state index in [1.807, 2.05) is 54.6 Å². The molecule has 2 heterocycles. The van der Waals surface area contributed by atoms with E-state index in [9.17, 15) is 4.39 Å². The molecule has 1 fully saturated rings. The van der Waals surface area contributed by atoms with Crippen LogP contribution in [-0.4, -0.2) is 41.3 Å². The van der Waals surface area contributed by atoms with Crippen LogP contribution in [0, 0.1) is 5.82 Å². The van der Waals surface area contributed by atoms with Crippen LogP contribution in [0.25, 0.3) is 11.5 Å². The zero-order valence-electron chi connectivity index (χ0n) is 17.4. The smallest absolute Gasteiger partial charge is 0.247 e. The monoisotopic (exact) mass is 492 g/mol. The summed E-state index contributed by atoms with van der Waals surface area (Å²) in [4.78, 5) is 4.64. The van der Waals surface area contributed by atoms with E-state index in [1.165, 1.54) is 12.1 Å². The van der Waals surface area contributed by atoms with Crippen LogP contribution in [0.3, 0.4) is 0 Å². The van der Waals surface area contributed by atoms with E-state index in [-0.39, 0.29) is 11.9 Å². The largest absolute Gasteiger partial charge is 0.419 e. The molecule has 5 rings (SSSR count). The minimum Gasteiger partial charge on any atom is -0.419 e. The Labute approximate surface area is 194 Å². The highest BCUT2D eigenvalue weighted by atomic mass is 79.9. The van der Waals surface area contributed by atoms with Crippen molar-refractivity contribution in [2.75, 3.05) is 31.1 Å². The lowest BCUT2D eigenvalue weighted by molar-refractivity contribution is 0.188. The standard InChI is InChI=1S/C25H22BrFN4O/c26-20-8-6-18(7-9-20)23(25-29-28-24(32-25)19-4-2-1-3-5-19)31-16-14-30(15-17-31)22-12-10-21(27)11-13-22/h1-13,23H,14-17H2/t23-/m0/s1. The Balaban J connectivity index is 1.41. The van der Waals surface area contributed by atoms with Crippen molar-refractivity contribution in [1.29, 1.82) is 0 Å². The second-order valence-corrected chi connectivity index (χ2v) is 8.68. The molecule has 1 aliphatic heterocycles. The SMILES string of the molecule is Fc1ccc(N2CCN([C@@H](c3ccc(Br)cc3)c3nnc(-c4ccccc4)o3)CC2)cc1. The average Bonchev–Trinajstić information content (AvgIpc) is 3.32. The van der Waals surface area contributed by atoms with Crippen molar-refractivity contribution in [2.24, 2.45) is 0 Å². The quantitative estimate of drug-likeness (QED) is 0.365. The van der Waals surface area contributed by atoms with Crippen LogP contribution >= 0.6 is 15.9 Å². The Kier molecular flexibility index (Phi) is 6.01. The number of nitrogens with zero attached hydrogens (tertiary/aromatic N) is 4. The van der Waals surface area contributed by atoms with Crippen LogP contribution in [-0.2, 0) is 0 Å². The molecule has 32 heavy (non-hydrogen) atoms. The van der Waals surface area contributed by atoms with Crippen molar-refractivity contribution in [2.45, 2.75) is 6.04 Å². The highest BCUT2D eigenvalue weighted by Crippen LogP contribution is 2.32. The van der Waals surface area contributed by atoms with Gasteiger partial charge in [0.2, 0.25) is 11.8 Å². The van der Waals surface area contributed by atoms with Gasteiger partial charge in [0.15, 0.2) is 0 Å². The van der Waals surface area contributed by atoms with E-state index < -0.39 is 0 Å². The molecule has 0 bridgehead atoms. The summed E-state index contributed by atoms with van der Waals surface area (Å²) < 4.78 is 20.5. The van der Waals surface area contributed by atoms with Gasteiger partial charge in [0, 0.05) is 41.9 Å². The van der Waals surface area contributed by atoms with Gasteiger partial charge < -0.3 is 9.32 Å². The molecule has 3 aromatic carbocycles. The van der Waals surface area contributed by atoms with Gasteiger partial charge in [0.25, 0.3) is 0 Å². The van der Waals surface area contributed by atoms with Gasteiger partial charge in [-0.3, -0.25) is 4.90 Å². The van der Waals surface area contributed by atoms with E-state index in [0.29, 0.717) is 11.8 Å². The maximum atomic E-state index is 13.3. The van der Waals surface area contributed by atoms with E-state index >= 15 is 0 Å². The van der Waals surface area contributed by atoms with Crippen LogP contribution in [0.15, 0.2) is 87.8 Å². The second-order valence-electron chi connectivity index (χ2n) is 7.76. The first-order chi connectivity index (χ1) is 15.7. The maximum Gasteiger partial charge on any atom is 0.247 e. The van der Waals surface area contributed by atoms with Crippen LogP contribution in [0.1, 0.15) is 17.5 Å². The minimum atomic E-state index is -0.215. The van der Waals surface area contributed by atoms with E-state index in [1.54, 1.807) is 0 Å². The summed E-state index contributed by atoms with van der Waals surface area (Å²) in [5.41, 5.74) is 3.05. The van der Waals surface area contributed by atoms with E-state index in [2.05, 4.69) is 48.1 Å². The maximum absolute atomic E-state index is 13.3. The number of benzene rings is 3. The van der Waals surface area contributed by atoms with Crippen molar-refractivity contribution in [1.82, 2.24) is 15.1 Å². The molecule has 1 atom stereocenters. The number of anilines is 1. The summed E-state index contributed by atoms with van der Waals surface area (Å²) in [6, 6.07) is 24.6. The van der Waals surface area contributed by atoms with E-state index in [0.717, 1.165) is 47.5 Å². The number of halogens is 2. The first-order valence-electron chi connectivity index (χ1n) is 10.6. The zero-order chi connectivity index (χ0) is 21.9. The molecule has 0 spiro atoms. The van der Waals surface area contributed by atoms with Crippen LogP contribution in [0.4, 0.5) is 10.1 Å². The van der Waals surface area contributed by atoms with Gasteiger partial charge in [-0.1, -0.05) is 46.3 Å². The van der Waals surface area contributed by atoms with Gasteiger partial charge >= 0.3 is 0 Å². The minimum absolute atomic E-state index is 0.136. The molecule has 4 aromatic rings. The van der Waals surface area contributed by atoms with Crippen molar-refractivity contribution in [3.05, 3.63) is 101 Å². The fourth-order valence-electron chi connectivity index (χ4n) is 4.09. The molecular weight excluding hydrogens is 471 g/mol. The lowest BCUT2D eigenvalue weighted by atomic mass is 10.0. The summed E-state index contributed by atoms with van der Waals surface area (Å²) in [5, 5.41) is 8.75. The highest BCUT2D eigenvalue weighted by Gasteiger charge is 2.30. The average molecular weight is 493 g/mol. The van der Waals surface area contributed by atoms with Gasteiger partial charge in [-0.2, -0.15) is 0 Å².